The molecule has 4 heteroatoms. The van der Waals surface area contributed by atoms with Crippen molar-refractivity contribution in [1.29, 1.82) is 0 Å². The molecule has 1 aliphatic rings. The first kappa shape index (κ1) is 13.4. The lowest BCUT2D eigenvalue weighted by atomic mass is 10.0. The molecule has 2 unspecified atom stereocenters. The van der Waals surface area contributed by atoms with E-state index in [2.05, 4.69) is 41.0 Å². The number of hydrogen-bond acceptors (Lipinski definition) is 3. The minimum atomic E-state index is 0.286. The summed E-state index contributed by atoms with van der Waals surface area (Å²) in [4.78, 5) is 2.68. The van der Waals surface area contributed by atoms with Gasteiger partial charge in [-0.25, -0.2) is 0 Å². The van der Waals surface area contributed by atoms with Crippen LogP contribution in [0.1, 0.15) is 35.1 Å². The number of hydrogen-bond donors (Lipinski definition) is 1. The molecule has 0 aromatic carbocycles. The lowest BCUT2D eigenvalue weighted by Gasteiger charge is -2.25. The van der Waals surface area contributed by atoms with E-state index in [-0.39, 0.29) is 6.04 Å². The van der Waals surface area contributed by atoms with Crippen LogP contribution in [0, 0.1) is 0 Å². The first-order valence-electron chi connectivity index (χ1n) is 6.52. The van der Waals surface area contributed by atoms with Gasteiger partial charge < -0.3 is 5.32 Å². The molecule has 100 valence electrons. The van der Waals surface area contributed by atoms with Gasteiger partial charge in [0.15, 0.2) is 0 Å². The Morgan fingerprint density at radius 1 is 1.21 bits per heavy atom. The summed E-state index contributed by atoms with van der Waals surface area (Å²) < 4.78 is 0.863. The van der Waals surface area contributed by atoms with E-state index in [1.54, 1.807) is 22.7 Å². The molecule has 0 aliphatic heterocycles. The van der Waals surface area contributed by atoms with Crippen molar-refractivity contribution >= 4 is 34.3 Å². The average molecular weight is 310 g/mol. The highest BCUT2D eigenvalue weighted by Crippen LogP contribution is 2.34. The smallest absolute Gasteiger partial charge is 0.0931 e. The lowest BCUT2D eigenvalue weighted by molar-refractivity contribution is 0.446. The molecule has 0 saturated heterocycles. The maximum absolute atomic E-state index is 6.09. The highest BCUT2D eigenvalue weighted by Gasteiger charge is 2.21. The van der Waals surface area contributed by atoms with Gasteiger partial charge in [-0.1, -0.05) is 29.8 Å². The molecule has 0 bridgehead atoms. The summed E-state index contributed by atoms with van der Waals surface area (Å²) in [5, 5.41) is 5.94. The molecule has 2 heterocycles. The largest absolute Gasteiger partial charge is 0.302 e. The lowest BCUT2D eigenvalue weighted by Crippen LogP contribution is -2.33. The van der Waals surface area contributed by atoms with Crippen molar-refractivity contribution in [2.24, 2.45) is 0 Å². The molecule has 19 heavy (non-hydrogen) atoms. The zero-order valence-electron chi connectivity index (χ0n) is 10.5. The summed E-state index contributed by atoms with van der Waals surface area (Å²) in [6.07, 6.45) is 8.09. The molecule has 0 amide bonds. The standard InChI is InChI=1S/C15H16ClNS2/c16-14-9-8-13(19-14)15(12-7-4-10-18-12)17-11-5-2-1-3-6-11/h1-2,4,7-11,15,17H,3,5-6H2. The van der Waals surface area contributed by atoms with Gasteiger partial charge in [0.25, 0.3) is 0 Å². The highest BCUT2D eigenvalue weighted by molar-refractivity contribution is 7.16. The summed E-state index contributed by atoms with van der Waals surface area (Å²) in [7, 11) is 0. The van der Waals surface area contributed by atoms with E-state index in [1.807, 2.05) is 6.07 Å². The van der Waals surface area contributed by atoms with Gasteiger partial charge >= 0.3 is 0 Å². The normalized spacial score (nSPS) is 20.6. The zero-order valence-corrected chi connectivity index (χ0v) is 12.9. The Morgan fingerprint density at radius 3 is 2.79 bits per heavy atom. The Kier molecular flexibility index (Phi) is 4.38. The second kappa shape index (κ2) is 6.23. The number of rotatable bonds is 4. The summed E-state index contributed by atoms with van der Waals surface area (Å²) >= 11 is 9.57. The summed E-state index contributed by atoms with van der Waals surface area (Å²) in [6.45, 7) is 0. The van der Waals surface area contributed by atoms with Crippen LogP contribution < -0.4 is 5.32 Å². The van der Waals surface area contributed by atoms with Gasteiger partial charge in [-0.05, 0) is 42.8 Å². The Bertz CT molecular complexity index is 544. The van der Waals surface area contributed by atoms with Crippen LogP contribution in [0.3, 0.4) is 0 Å². The minimum absolute atomic E-state index is 0.286. The molecule has 0 radical (unpaired) electrons. The monoisotopic (exact) mass is 309 g/mol. The number of allylic oxidation sites excluding steroid dienone is 1. The van der Waals surface area contributed by atoms with E-state index in [9.17, 15) is 0 Å². The fourth-order valence-electron chi connectivity index (χ4n) is 2.42. The van der Waals surface area contributed by atoms with Crippen LogP contribution in [0.2, 0.25) is 4.34 Å². The maximum atomic E-state index is 6.09. The van der Waals surface area contributed by atoms with Crippen LogP contribution in [-0.4, -0.2) is 6.04 Å². The molecule has 3 rings (SSSR count). The van der Waals surface area contributed by atoms with E-state index in [4.69, 9.17) is 11.6 Å². The molecular weight excluding hydrogens is 294 g/mol. The van der Waals surface area contributed by atoms with Gasteiger partial charge in [0, 0.05) is 15.8 Å². The molecule has 1 nitrogen and oxygen atoms in total. The van der Waals surface area contributed by atoms with E-state index in [0.717, 1.165) is 10.8 Å². The molecule has 2 atom stereocenters. The van der Waals surface area contributed by atoms with E-state index < -0.39 is 0 Å². The summed E-state index contributed by atoms with van der Waals surface area (Å²) in [5.41, 5.74) is 0. The molecule has 2 aromatic heterocycles. The van der Waals surface area contributed by atoms with Gasteiger partial charge in [0.2, 0.25) is 0 Å². The topological polar surface area (TPSA) is 12.0 Å². The quantitative estimate of drug-likeness (QED) is 0.760. The van der Waals surface area contributed by atoms with Crippen molar-refractivity contribution in [3.05, 3.63) is 55.9 Å². The van der Waals surface area contributed by atoms with E-state index in [0.29, 0.717) is 6.04 Å². The Morgan fingerprint density at radius 2 is 2.16 bits per heavy atom. The first-order valence-corrected chi connectivity index (χ1v) is 8.60. The maximum Gasteiger partial charge on any atom is 0.0931 e. The number of thiophene rings is 2. The van der Waals surface area contributed by atoms with E-state index >= 15 is 0 Å². The van der Waals surface area contributed by atoms with Crippen LogP contribution in [0.4, 0.5) is 0 Å². The second-order valence-electron chi connectivity index (χ2n) is 4.74. The van der Waals surface area contributed by atoms with Crippen molar-refractivity contribution in [3.8, 4) is 0 Å². The predicted molar refractivity (Wildman–Crippen MR) is 85.4 cm³/mol. The number of halogens is 1. The SMILES string of the molecule is Clc1ccc(C(NC2CC=CCC2)c2cccs2)s1. The Hall–Kier alpha value is -0.610. The van der Waals surface area contributed by atoms with Crippen LogP contribution >= 0.6 is 34.3 Å². The van der Waals surface area contributed by atoms with Gasteiger partial charge in [-0.2, -0.15) is 0 Å². The molecule has 1 N–H and O–H groups in total. The van der Waals surface area contributed by atoms with Crippen LogP contribution in [0.5, 0.6) is 0 Å². The summed E-state index contributed by atoms with van der Waals surface area (Å²) in [5.74, 6) is 0. The third-order valence-electron chi connectivity index (χ3n) is 3.38. The third kappa shape index (κ3) is 3.29. The fourth-order valence-corrected chi connectivity index (χ4v) is 4.44. The first-order chi connectivity index (χ1) is 9.33. The Balaban J connectivity index is 1.82. The minimum Gasteiger partial charge on any atom is -0.302 e. The zero-order chi connectivity index (χ0) is 13.1. The van der Waals surface area contributed by atoms with Crippen molar-refractivity contribution in [3.63, 3.8) is 0 Å². The van der Waals surface area contributed by atoms with Crippen LogP contribution in [-0.2, 0) is 0 Å². The van der Waals surface area contributed by atoms with Crippen molar-refractivity contribution in [2.45, 2.75) is 31.3 Å². The van der Waals surface area contributed by atoms with Crippen molar-refractivity contribution in [1.82, 2.24) is 5.32 Å². The molecule has 2 aromatic rings. The van der Waals surface area contributed by atoms with Gasteiger partial charge in [-0.15, -0.1) is 22.7 Å². The van der Waals surface area contributed by atoms with Crippen LogP contribution in [0.15, 0.2) is 41.8 Å². The molecule has 0 spiro atoms. The van der Waals surface area contributed by atoms with E-state index in [1.165, 1.54) is 22.6 Å². The Labute approximate surface area is 126 Å². The molecular formula is C15H16ClNS2. The molecule has 0 fully saturated rings. The van der Waals surface area contributed by atoms with Gasteiger partial charge in [0.1, 0.15) is 0 Å². The van der Waals surface area contributed by atoms with Gasteiger partial charge in [-0.3, -0.25) is 0 Å². The second-order valence-corrected chi connectivity index (χ2v) is 7.46. The fraction of sp³-hybridized carbons (Fsp3) is 0.333. The predicted octanol–water partition coefficient (Wildman–Crippen LogP) is 5.25. The average Bonchev–Trinajstić information content (AvgIpc) is 3.09. The van der Waals surface area contributed by atoms with Crippen LogP contribution in [0.25, 0.3) is 0 Å². The molecule has 1 aliphatic carbocycles. The summed E-state index contributed by atoms with van der Waals surface area (Å²) in [6, 6.07) is 9.31. The highest BCUT2D eigenvalue weighted by atomic mass is 35.5. The molecule has 0 saturated carbocycles. The van der Waals surface area contributed by atoms with Gasteiger partial charge in [0.05, 0.1) is 10.4 Å². The van der Waals surface area contributed by atoms with Crippen molar-refractivity contribution < 1.29 is 0 Å². The third-order valence-corrected chi connectivity index (χ3v) is 5.61. The van der Waals surface area contributed by atoms with Crippen molar-refractivity contribution in [2.75, 3.05) is 0 Å². The number of nitrogens with one attached hydrogen (secondary N) is 1.